The van der Waals surface area contributed by atoms with Gasteiger partial charge in [-0.2, -0.15) is 0 Å². The Hall–Kier alpha value is -0.770. The first-order valence-electron chi connectivity index (χ1n) is 10.7. The third kappa shape index (κ3) is 14.1. The highest BCUT2D eigenvalue weighted by Gasteiger charge is 2.19. The minimum absolute atomic E-state index is 0.0520. The Morgan fingerprint density at radius 1 is 0.880 bits per heavy atom. The van der Waals surface area contributed by atoms with Crippen LogP contribution in [-0.4, -0.2) is 25.4 Å². The maximum Gasteiger partial charge on any atom is 0.508 e. The predicted octanol–water partition coefficient (Wildman–Crippen LogP) is 6.14. The van der Waals surface area contributed by atoms with Crippen molar-refractivity contribution in [1.82, 2.24) is 5.32 Å². The molecule has 0 bridgehead atoms. The number of rotatable bonds is 16. The van der Waals surface area contributed by atoms with Crippen LogP contribution in [0, 0.1) is 6.54 Å². The van der Waals surface area contributed by atoms with Crippen LogP contribution in [0.4, 0.5) is 4.79 Å². The smallest absolute Gasteiger partial charge is 0.434 e. The molecule has 0 amide bonds. The summed E-state index contributed by atoms with van der Waals surface area (Å²) in [5.74, 6) is 0. The van der Waals surface area contributed by atoms with Crippen molar-refractivity contribution in [2.24, 2.45) is 0 Å². The molecular weight excluding hydrogens is 314 g/mol. The fraction of sp³-hybridized carbons (Fsp3) is 0.905. The monoisotopic (exact) mass is 354 g/mol. The molecule has 1 saturated heterocycles. The summed E-state index contributed by atoms with van der Waals surface area (Å²) >= 11 is 0. The van der Waals surface area contributed by atoms with E-state index < -0.39 is 6.16 Å². The molecule has 0 saturated carbocycles. The average Bonchev–Trinajstić information content (AvgIpc) is 3.11. The van der Waals surface area contributed by atoms with Crippen LogP contribution in [0.1, 0.15) is 103 Å². The van der Waals surface area contributed by atoms with Gasteiger partial charge in [-0.1, -0.05) is 90.4 Å². The largest absolute Gasteiger partial charge is 0.508 e. The molecule has 1 atom stereocenters. The first-order chi connectivity index (χ1) is 12.3. The molecule has 1 radical (unpaired) electrons. The second-order valence-electron chi connectivity index (χ2n) is 7.28. The Morgan fingerprint density at radius 2 is 1.40 bits per heavy atom. The first kappa shape index (κ1) is 22.3. The van der Waals surface area contributed by atoms with E-state index in [-0.39, 0.29) is 6.10 Å². The van der Waals surface area contributed by atoms with E-state index in [1.54, 1.807) is 0 Å². The molecule has 0 aliphatic carbocycles. The molecule has 1 unspecified atom stereocenters. The summed E-state index contributed by atoms with van der Waals surface area (Å²) in [4.78, 5) is 11.4. The topological polar surface area (TPSA) is 47.6 Å². The van der Waals surface area contributed by atoms with Gasteiger partial charge in [-0.15, -0.1) is 0 Å². The molecule has 1 heterocycles. The molecule has 1 N–H and O–H groups in total. The van der Waals surface area contributed by atoms with Crippen molar-refractivity contribution in [1.29, 1.82) is 0 Å². The van der Waals surface area contributed by atoms with Crippen LogP contribution >= 0.6 is 0 Å². The van der Waals surface area contributed by atoms with Gasteiger partial charge in [0.15, 0.2) is 0 Å². The molecule has 25 heavy (non-hydrogen) atoms. The number of ether oxygens (including phenoxy) is 2. The number of carbonyl (C=O) groups excluding carboxylic acids is 1. The summed E-state index contributed by atoms with van der Waals surface area (Å²) < 4.78 is 10.3. The standard InChI is InChI=1S/C21H40NO3/c1-2-3-4-5-6-7-8-9-10-11-12-13-14-15-18-24-21(23)25-20-16-17-22-19-20/h17,20,22H,2-16,18-19H2,1H3. The number of carbonyl (C=O) groups is 1. The average molecular weight is 355 g/mol. The zero-order valence-corrected chi connectivity index (χ0v) is 16.4. The molecule has 1 aliphatic heterocycles. The fourth-order valence-corrected chi connectivity index (χ4v) is 3.22. The summed E-state index contributed by atoms with van der Waals surface area (Å²) in [5.41, 5.74) is 0. The molecule has 1 rings (SSSR count). The highest BCUT2D eigenvalue weighted by atomic mass is 16.7. The lowest BCUT2D eigenvalue weighted by molar-refractivity contribution is 0.0291. The summed E-state index contributed by atoms with van der Waals surface area (Å²) in [6.07, 6.45) is 18.8. The van der Waals surface area contributed by atoms with E-state index in [4.69, 9.17) is 9.47 Å². The highest BCUT2D eigenvalue weighted by Crippen LogP contribution is 2.13. The number of nitrogens with one attached hydrogen (secondary N) is 1. The Kier molecular flexibility index (Phi) is 14.9. The van der Waals surface area contributed by atoms with Gasteiger partial charge in [-0.25, -0.2) is 4.79 Å². The van der Waals surface area contributed by atoms with E-state index >= 15 is 0 Å². The lowest BCUT2D eigenvalue weighted by Crippen LogP contribution is -2.21. The molecule has 4 heteroatoms. The van der Waals surface area contributed by atoms with Crippen LogP contribution < -0.4 is 5.32 Å². The predicted molar refractivity (Wildman–Crippen MR) is 103 cm³/mol. The number of unbranched alkanes of at least 4 members (excludes halogenated alkanes) is 13. The van der Waals surface area contributed by atoms with E-state index in [2.05, 4.69) is 12.2 Å². The van der Waals surface area contributed by atoms with Crippen LogP contribution in [0.5, 0.6) is 0 Å². The van der Waals surface area contributed by atoms with Gasteiger partial charge in [0.05, 0.1) is 6.61 Å². The van der Waals surface area contributed by atoms with Crippen LogP contribution in [0.3, 0.4) is 0 Å². The van der Waals surface area contributed by atoms with Crippen LogP contribution in [-0.2, 0) is 9.47 Å². The second-order valence-corrected chi connectivity index (χ2v) is 7.28. The van der Waals surface area contributed by atoms with Gasteiger partial charge in [0.2, 0.25) is 0 Å². The van der Waals surface area contributed by atoms with Crippen molar-refractivity contribution in [3.63, 3.8) is 0 Å². The molecule has 147 valence electrons. The Morgan fingerprint density at radius 3 is 1.88 bits per heavy atom. The molecular formula is C21H40NO3. The Labute approximate surface area is 155 Å². The normalized spacial score (nSPS) is 16.9. The van der Waals surface area contributed by atoms with E-state index in [1.807, 2.05) is 6.54 Å². The summed E-state index contributed by atoms with van der Waals surface area (Å²) in [7, 11) is 0. The van der Waals surface area contributed by atoms with E-state index in [1.165, 1.54) is 77.0 Å². The molecule has 0 spiro atoms. The SMILES string of the molecule is CCCCCCCCCCCCCCCCOC(=O)OC1C[CH]NC1. The minimum Gasteiger partial charge on any atom is -0.434 e. The van der Waals surface area contributed by atoms with Crippen molar-refractivity contribution >= 4 is 6.16 Å². The zero-order chi connectivity index (χ0) is 18.0. The van der Waals surface area contributed by atoms with Gasteiger partial charge >= 0.3 is 6.16 Å². The molecule has 0 aromatic carbocycles. The number of hydrogen-bond acceptors (Lipinski definition) is 4. The summed E-state index contributed by atoms with van der Waals surface area (Å²) in [6, 6.07) is 0. The summed E-state index contributed by atoms with van der Waals surface area (Å²) in [6.45, 7) is 5.38. The molecule has 1 fully saturated rings. The van der Waals surface area contributed by atoms with E-state index in [9.17, 15) is 4.79 Å². The summed E-state index contributed by atoms with van der Waals surface area (Å²) in [5, 5.41) is 3.04. The highest BCUT2D eigenvalue weighted by molar-refractivity contribution is 5.60. The van der Waals surface area contributed by atoms with Crippen molar-refractivity contribution in [3.8, 4) is 0 Å². The van der Waals surface area contributed by atoms with Crippen molar-refractivity contribution < 1.29 is 14.3 Å². The van der Waals surface area contributed by atoms with E-state index in [0.717, 1.165) is 19.3 Å². The molecule has 1 aliphatic rings. The lowest BCUT2D eigenvalue weighted by atomic mass is 10.0. The van der Waals surface area contributed by atoms with Gasteiger partial charge < -0.3 is 14.8 Å². The Bertz CT molecular complexity index is 304. The van der Waals surface area contributed by atoms with Crippen molar-refractivity contribution in [2.45, 2.75) is 109 Å². The fourth-order valence-electron chi connectivity index (χ4n) is 3.22. The molecule has 0 aromatic heterocycles. The maximum atomic E-state index is 11.4. The van der Waals surface area contributed by atoms with Crippen molar-refractivity contribution in [2.75, 3.05) is 13.2 Å². The maximum absolute atomic E-state index is 11.4. The molecule has 4 nitrogen and oxygen atoms in total. The Balaban J connectivity index is 1.71. The van der Waals surface area contributed by atoms with Gasteiger partial charge in [-0.3, -0.25) is 0 Å². The van der Waals surface area contributed by atoms with Crippen LogP contribution in [0.25, 0.3) is 0 Å². The first-order valence-corrected chi connectivity index (χ1v) is 10.7. The minimum atomic E-state index is -0.517. The van der Waals surface area contributed by atoms with Crippen LogP contribution in [0.2, 0.25) is 0 Å². The lowest BCUT2D eigenvalue weighted by Gasteiger charge is -2.10. The second kappa shape index (κ2) is 16.7. The third-order valence-electron chi connectivity index (χ3n) is 4.85. The van der Waals surface area contributed by atoms with Crippen molar-refractivity contribution in [3.05, 3.63) is 6.54 Å². The van der Waals surface area contributed by atoms with Gasteiger partial charge in [0, 0.05) is 19.5 Å². The third-order valence-corrected chi connectivity index (χ3v) is 4.85. The van der Waals surface area contributed by atoms with E-state index in [0.29, 0.717) is 13.2 Å². The van der Waals surface area contributed by atoms with Gasteiger partial charge in [0.1, 0.15) is 6.10 Å². The van der Waals surface area contributed by atoms with Gasteiger partial charge in [-0.05, 0) is 6.42 Å². The zero-order valence-electron chi connectivity index (χ0n) is 16.4. The van der Waals surface area contributed by atoms with Gasteiger partial charge in [0.25, 0.3) is 0 Å². The molecule has 0 aromatic rings. The van der Waals surface area contributed by atoms with Crippen LogP contribution in [0.15, 0.2) is 0 Å². The quantitative estimate of drug-likeness (QED) is 0.267. The number of hydrogen-bond donors (Lipinski definition) is 1.